The van der Waals surface area contributed by atoms with Crippen LogP contribution in [0.1, 0.15) is 16.1 Å². The van der Waals surface area contributed by atoms with Gasteiger partial charge in [0.1, 0.15) is 10.7 Å². The van der Waals surface area contributed by atoms with Crippen LogP contribution in [0.25, 0.3) is 10.6 Å². The Morgan fingerprint density at radius 3 is 2.82 bits per heavy atom. The van der Waals surface area contributed by atoms with Crippen molar-refractivity contribution in [1.29, 1.82) is 0 Å². The van der Waals surface area contributed by atoms with Crippen molar-refractivity contribution in [2.75, 3.05) is 0 Å². The smallest absolute Gasteiger partial charge is 0.279 e. The summed E-state index contributed by atoms with van der Waals surface area (Å²) < 4.78 is 0. The fourth-order valence-electron chi connectivity index (χ4n) is 1.44. The summed E-state index contributed by atoms with van der Waals surface area (Å²) in [5.41, 5.74) is 1.56. The maximum Gasteiger partial charge on any atom is 0.279 e. The van der Waals surface area contributed by atoms with Gasteiger partial charge in [-0.05, 0) is 18.6 Å². The van der Waals surface area contributed by atoms with Gasteiger partial charge >= 0.3 is 0 Å². The summed E-state index contributed by atoms with van der Waals surface area (Å²) in [5, 5.41) is 13.0. The second-order valence-corrected chi connectivity index (χ2v) is 4.33. The maximum atomic E-state index is 10.9. The average molecular weight is 248 g/mol. The van der Waals surface area contributed by atoms with Crippen molar-refractivity contribution in [2.45, 2.75) is 6.92 Å². The fourth-order valence-corrected chi connectivity index (χ4v) is 2.24. The number of aryl methyl sites for hydroxylation is 1. The van der Waals surface area contributed by atoms with Gasteiger partial charge in [0.15, 0.2) is 6.29 Å². The highest BCUT2D eigenvalue weighted by atomic mass is 32.1. The molecule has 0 spiro atoms. The lowest BCUT2D eigenvalue weighted by Gasteiger charge is -2.00. The molecular formula is C11H8N2O3S. The van der Waals surface area contributed by atoms with Crippen molar-refractivity contribution in [3.63, 3.8) is 0 Å². The molecule has 0 unspecified atom stereocenters. The van der Waals surface area contributed by atoms with E-state index in [0.717, 1.165) is 5.56 Å². The molecule has 0 N–H and O–H groups in total. The molecule has 17 heavy (non-hydrogen) atoms. The number of nitro groups is 1. The highest BCUT2D eigenvalue weighted by Gasteiger charge is 2.17. The molecule has 1 aromatic heterocycles. The molecule has 0 saturated carbocycles. The van der Waals surface area contributed by atoms with Gasteiger partial charge in [-0.15, -0.1) is 11.3 Å². The minimum absolute atomic E-state index is 0.0109. The highest BCUT2D eigenvalue weighted by Crippen LogP contribution is 2.32. The third kappa shape index (κ3) is 2.21. The summed E-state index contributed by atoms with van der Waals surface area (Å²) in [6.45, 7) is 1.79. The minimum atomic E-state index is -0.440. The number of aldehydes is 1. The number of thiazole rings is 1. The van der Waals surface area contributed by atoms with E-state index in [1.165, 1.54) is 17.4 Å². The first-order valence-electron chi connectivity index (χ1n) is 4.78. The summed E-state index contributed by atoms with van der Waals surface area (Å²) in [4.78, 5) is 25.0. The Bertz CT molecular complexity index is 592. The van der Waals surface area contributed by atoms with Crippen LogP contribution in [0.2, 0.25) is 0 Å². The molecular weight excluding hydrogens is 240 g/mol. The van der Waals surface area contributed by atoms with Gasteiger partial charge in [-0.3, -0.25) is 14.9 Å². The molecule has 1 heterocycles. The first-order chi connectivity index (χ1) is 8.11. The second-order valence-electron chi connectivity index (χ2n) is 3.47. The first-order valence-corrected chi connectivity index (χ1v) is 5.66. The van der Waals surface area contributed by atoms with Gasteiger partial charge in [0.05, 0.1) is 10.5 Å². The average Bonchev–Trinajstić information content (AvgIpc) is 2.77. The molecule has 0 amide bonds. The van der Waals surface area contributed by atoms with E-state index in [-0.39, 0.29) is 5.69 Å². The lowest BCUT2D eigenvalue weighted by atomic mass is 10.1. The summed E-state index contributed by atoms with van der Waals surface area (Å²) >= 11 is 1.22. The summed E-state index contributed by atoms with van der Waals surface area (Å²) in [5.74, 6) is 0. The Labute approximate surface area is 101 Å². The van der Waals surface area contributed by atoms with Crippen LogP contribution in [-0.2, 0) is 0 Å². The molecule has 0 fully saturated rings. The number of carbonyl (C=O) groups is 1. The van der Waals surface area contributed by atoms with E-state index in [1.54, 1.807) is 24.4 Å². The van der Waals surface area contributed by atoms with Crippen LogP contribution >= 0.6 is 11.3 Å². The molecule has 0 atom stereocenters. The summed E-state index contributed by atoms with van der Waals surface area (Å²) in [6.07, 6.45) is 0.625. The normalized spacial score (nSPS) is 10.2. The third-order valence-electron chi connectivity index (χ3n) is 2.22. The zero-order valence-electron chi connectivity index (χ0n) is 8.91. The van der Waals surface area contributed by atoms with Gasteiger partial charge in [0.2, 0.25) is 0 Å². The number of nitrogens with zero attached hydrogens (tertiary/aromatic N) is 2. The molecule has 86 valence electrons. The zero-order chi connectivity index (χ0) is 12.4. The lowest BCUT2D eigenvalue weighted by Crippen LogP contribution is -1.92. The van der Waals surface area contributed by atoms with Crippen molar-refractivity contribution < 1.29 is 9.72 Å². The number of hydrogen-bond acceptors (Lipinski definition) is 5. The van der Waals surface area contributed by atoms with E-state index in [2.05, 4.69) is 4.98 Å². The van der Waals surface area contributed by atoms with Gasteiger partial charge in [-0.2, -0.15) is 0 Å². The quantitative estimate of drug-likeness (QED) is 0.475. The van der Waals surface area contributed by atoms with E-state index < -0.39 is 4.92 Å². The Morgan fingerprint density at radius 2 is 2.24 bits per heavy atom. The minimum Gasteiger partial charge on any atom is -0.296 e. The first kappa shape index (κ1) is 11.4. The van der Waals surface area contributed by atoms with Gasteiger partial charge in [0.25, 0.3) is 5.69 Å². The van der Waals surface area contributed by atoms with Crippen LogP contribution in [0, 0.1) is 17.0 Å². The monoisotopic (exact) mass is 248 g/mol. The molecule has 0 bridgehead atoms. The standard InChI is InChI=1S/C11H8N2O3S/c1-7-2-3-9(10(4-7)13(15)16)11-12-8(5-14)6-17-11/h2-6H,1H3. The van der Waals surface area contributed by atoms with Crippen LogP contribution in [0.15, 0.2) is 23.6 Å². The third-order valence-corrected chi connectivity index (χ3v) is 3.12. The molecule has 0 aliphatic carbocycles. The topological polar surface area (TPSA) is 73.1 Å². The van der Waals surface area contributed by atoms with E-state index in [9.17, 15) is 14.9 Å². The van der Waals surface area contributed by atoms with Gasteiger partial charge < -0.3 is 0 Å². The Kier molecular flexibility index (Phi) is 2.97. The largest absolute Gasteiger partial charge is 0.296 e. The molecule has 1 aromatic carbocycles. The molecule has 5 nitrogen and oxygen atoms in total. The molecule has 6 heteroatoms. The number of benzene rings is 1. The van der Waals surface area contributed by atoms with Gasteiger partial charge in [-0.25, -0.2) is 4.98 Å². The van der Waals surface area contributed by atoms with E-state index >= 15 is 0 Å². The number of aromatic nitrogens is 1. The Balaban J connectivity index is 2.58. The van der Waals surface area contributed by atoms with Crippen molar-refractivity contribution in [3.8, 4) is 10.6 Å². The van der Waals surface area contributed by atoms with Crippen LogP contribution in [0.4, 0.5) is 5.69 Å². The zero-order valence-corrected chi connectivity index (χ0v) is 9.73. The molecule has 0 aliphatic rings. The van der Waals surface area contributed by atoms with Crippen LogP contribution in [0.5, 0.6) is 0 Å². The van der Waals surface area contributed by atoms with Gasteiger partial charge in [-0.1, -0.05) is 6.07 Å². The SMILES string of the molecule is Cc1ccc(-c2nc(C=O)cs2)c([N+](=O)[O-])c1. The predicted octanol–water partition coefficient (Wildman–Crippen LogP) is 2.84. The molecule has 2 rings (SSSR count). The highest BCUT2D eigenvalue weighted by molar-refractivity contribution is 7.13. The van der Waals surface area contributed by atoms with Crippen molar-refractivity contribution >= 4 is 23.3 Å². The molecule has 0 aliphatic heterocycles. The number of nitro benzene ring substituents is 1. The van der Waals surface area contributed by atoms with E-state index in [1.807, 2.05) is 0 Å². The van der Waals surface area contributed by atoms with Crippen molar-refractivity contribution in [2.24, 2.45) is 0 Å². The van der Waals surface area contributed by atoms with E-state index in [0.29, 0.717) is 22.6 Å². The predicted molar refractivity (Wildman–Crippen MR) is 64.3 cm³/mol. The second kappa shape index (κ2) is 4.42. The Hall–Kier alpha value is -2.08. The Morgan fingerprint density at radius 1 is 1.47 bits per heavy atom. The molecule has 0 radical (unpaired) electrons. The number of rotatable bonds is 3. The number of carbonyl (C=O) groups excluding carboxylic acids is 1. The van der Waals surface area contributed by atoms with Crippen molar-refractivity contribution in [3.05, 3.63) is 45.0 Å². The lowest BCUT2D eigenvalue weighted by molar-refractivity contribution is -0.384. The van der Waals surface area contributed by atoms with Crippen molar-refractivity contribution in [1.82, 2.24) is 4.98 Å². The molecule has 2 aromatic rings. The summed E-state index contributed by atoms with van der Waals surface area (Å²) in [6, 6.07) is 4.93. The van der Waals surface area contributed by atoms with Crippen LogP contribution < -0.4 is 0 Å². The summed E-state index contributed by atoms with van der Waals surface area (Å²) in [7, 11) is 0. The number of hydrogen-bond donors (Lipinski definition) is 0. The van der Waals surface area contributed by atoms with E-state index in [4.69, 9.17) is 0 Å². The van der Waals surface area contributed by atoms with Crippen LogP contribution in [0.3, 0.4) is 0 Å². The maximum absolute atomic E-state index is 10.9. The molecule has 0 saturated heterocycles. The van der Waals surface area contributed by atoms with Crippen LogP contribution in [-0.4, -0.2) is 16.2 Å². The van der Waals surface area contributed by atoms with Gasteiger partial charge in [0, 0.05) is 11.4 Å². The fraction of sp³-hybridized carbons (Fsp3) is 0.0909.